The van der Waals surface area contributed by atoms with E-state index in [9.17, 15) is 0 Å². The molecule has 4 unspecified atom stereocenters. The summed E-state index contributed by atoms with van der Waals surface area (Å²) in [5, 5.41) is 1.03. The third-order valence-electron chi connectivity index (χ3n) is 8.08. The molecule has 2 saturated carbocycles. The van der Waals surface area contributed by atoms with Gasteiger partial charge in [0.15, 0.2) is 0 Å². The number of likely N-dealkylation sites (tertiary alicyclic amines) is 1. The third-order valence-corrected chi connectivity index (χ3v) is 8.41. The number of rotatable bonds is 5. The van der Waals surface area contributed by atoms with Crippen molar-refractivity contribution < 1.29 is 0 Å². The van der Waals surface area contributed by atoms with E-state index in [-0.39, 0.29) is 0 Å². The van der Waals surface area contributed by atoms with Crippen molar-refractivity contribution in [3.8, 4) is 0 Å². The molecule has 0 N–H and O–H groups in total. The average molecular weight is 422 g/mol. The number of hydrogen-bond donors (Lipinski definition) is 0. The van der Waals surface area contributed by atoms with Crippen molar-refractivity contribution in [3.63, 3.8) is 0 Å². The number of benzene rings is 2. The summed E-state index contributed by atoms with van der Waals surface area (Å²) >= 11 is 6.78. The van der Waals surface area contributed by atoms with Gasteiger partial charge in [0.25, 0.3) is 0 Å². The van der Waals surface area contributed by atoms with Crippen molar-refractivity contribution in [2.45, 2.75) is 88.6 Å². The standard InChI is InChI=1S/C28H36ClN/c1-20-16-22(17-21-8-4-2-5-9-21)14-15-30(20)28-19-26(28)24-12-13-25(27(29)18-24)23-10-6-3-7-11-23/h2,4-5,8-9,12-13,18,20,22-23,26,28H,3,6-7,10-11,14-17,19H2,1H3. The molecule has 30 heavy (non-hydrogen) atoms. The summed E-state index contributed by atoms with van der Waals surface area (Å²) in [5.74, 6) is 2.22. The number of nitrogens with zero attached hydrogens (tertiary/aromatic N) is 1. The first-order chi connectivity index (χ1) is 14.7. The Labute approximate surface area is 187 Å². The highest BCUT2D eigenvalue weighted by molar-refractivity contribution is 6.31. The zero-order chi connectivity index (χ0) is 20.5. The first-order valence-electron chi connectivity index (χ1n) is 12.3. The lowest BCUT2D eigenvalue weighted by Gasteiger charge is -2.38. The molecular weight excluding hydrogens is 386 g/mol. The van der Waals surface area contributed by atoms with Crippen LogP contribution >= 0.6 is 11.6 Å². The van der Waals surface area contributed by atoms with Gasteiger partial charge in [0.2, 0.25) is 0 Å². The molecule has 2 heteroatoms. The Bertz CT molecular complexity index is 841. The summed E-state index contributed by atoms with van der Waals surface area (Å²) in [6.45, 7) is 3.71. The van der Waals surface area contributed by atoms with E-state index in [2.05, 4.69) is 60.4 Å². The van der Waals surface area contributed by atoms with Crippen molar-refractivity contribution in [1.82, 2.24) is 4.90 Å². The summed E-state index contributed by atoms with van der Waals surface area (Å²) in [6.07, 6.45) is 12.0. The van der Waals surface area contributed by atoms with Gasteiger partial charge in [0.1, 0.15) is 0 Å². The lowest BCUT2D eigenvalue weighted by molar-refractivity contribution is 0.113. The minimum Gasteiger partial charge on any atom is -0.297 e. The molecule has 0 aromatic heterocycles. The van der Waals surface area contributed by atoms with Crippen LogP contribution in [0.25, 0.3) is 0 Å². The van der Waals surface area contributed by atoms with Gasteiger partial charge in [0, 0.05) is 23.0 Å². The molecule has 1 saturated heterocycles. The molecule has 3 fully saturated rings. The lowest BCUT2D eigenvalue weighted by atomic mass is 9.83. The van der Waals surface area contributed by atoms with Gasteiger partial charge in [0.05, 0.1) is 0 Å². The van der Waals surface area contributed by atoms with Gasteiger partial charge in [-0.25, -0.2) is 0 Å². The highest BCUT2D eigenvalue weighted by Crippen LogP contribution is 2.48. The third kappa shape index (κ3) is 4.48. The molecule has 1 nitrogen and oxygen atoms in total. The van der Waals surface area contributed by atoms with Crippen molar-refractivity contribution in [3.05, 3.63) is 70.2 Å². The minimum absolute atomic E-state index is 0.691. The van der Waals surface area contributed by atoms with E-state index < -0.39 is 0 Å². The zero-order valence-electron chi connectivity index (χ0n) is 18.4. The first-order valence-corrected chi connectivity index (χ1v) is 12.7. The molecule has 2 aliphatic carbocycles. The Morgan fingerprint density at radius 3 is 2.47 bits per heavy atom. The molecule has 0 amide bonds. The summed E-state index contributed by atoms with van der Waals surface area (Å²) in [5.41, 5.74) is 4.38. The van der Waals surface area contributed by atoms with Crippen molar-refractivity contribution >= 4 is 11.6 Å². The fraction of sp³-hybridized carbons (Fsp3) is 0.571. The molecule has 0 spiro atoms. The SMILES string of the molecule is CC1CC(Cc2ccccc2)CCN1C1CC1c1ccc(C2CCCCC2)c(Cl)c1. The quantitative estimate of drug-likeness (QED) is 0.480. The van der Waals surface area contributed by atoms with Crippen LogP contribution in [-0.4, -0.2) is 23.5 Å². The monoisotopic (exact) mass is 421 g/mol. The molecule has 1 aliphatic heterocycles. The second-order valence-corrected chi connectivity index (χ2v) is 10.6. The van der Waals surface area contributed by atoms with Gasteiger partial charge in [-0.1, -0.05) is 73.3 Å². The molecule has 2 aromatic rings. The van der Waals surface area contributed by atoms with E-state index in [1.165, 1.54) is 81.0 Å². The predicted octanol–water partition coefficient (Wildman–Crippen LogP) is 7.59. The molecule has 0 radical (unpaired) electrons. The normalized spacial score (nSPS) is 30.3. The fourth-order valence-corrected chi connectivity index (χ4v) is 6.68. The maximum atomic E-state index is 6.78. The Hall–Kier alpha value is -1.31. The molecule has 4 atom stereocenters. The maximum absolute atomic E-state index is 6.78. The molecule has 2 aromatic carbocycles. The Balaban J connectivity index is 1.18. The van der Waals surface area contributed by atoms with Crippen LogP contribution < -0.4 is 0 Å². The van der Waals surface area contributed by atoms with Gasteiger partial charge < -0.3 is 0 Å². The molecule has 3 aliphatic rings. The Morgan fingerprint density at radius 1 is 0.933 bits per heavy atom. The molecule has 0 bridgehead atoms. The van der Waals surface area contributed by atoms with Gasteiger partial charge in [-0.3, -0.25) is 4.90 Å². The van der Waals surface area contributed by atoms with Gasteiger partial charge >= 0.3 is 0 Å². The topological polar surface area (TPSA) is 3.24 Å². The van der Waals surface area contributed by atoms with Crippen molar-refractivity contribution in [2.24, 2.45) is 5.92 Å². The van der Waals surface area contributed by atoms with E-state index in [1.807, 2.05) is 0 Å². The van der Waals surface area contributed by atoms with Crippen LogP contribution in [0.4, 0.5) is 0 Å². The Kier molecular flexibility index (Phi) is 6.21. The van der Waals surface area contributed by atoms with Crippen LogP contribution in [0.15, 0.2) is 48.5 Å². The average Bonchev–Trinajstić information content (AvgIpc) is 3.56. The minimum atomic E-state index is 0.691. The van der Waals surface area contributed by atoms with E-state index in [1.54, 1.807) is 0 Å². The lowest BCUT2D eigenvalue weighted by Crippen LogP contribution is -2.43. The van der Waals surface area contributed by atoms with Crippen LogP contribution in [0.2, 0.25) is 5.02 Å². The summed E-state index contributed by atoms with van der Waals surface area (Å²) in [4.78, 5) is 2.80. The number of piperidine rings is 1. The van der Waals surface area contributed by atoms with Crippen LogP contribution in [0, 0.1) is 5.92 Å². The van der Waals surface area contributed by atoms with Crippen LogP contribution in [0.1, 0.15) is 86.8 Å². The van der Waals surface area contributed by atoms with Crippen LogP contribution in [0.3, 0.4) is 0 Å². The second kappa shape index (κ2) is 9.05. The second-order valence-electron chi connectivity index (χ2n) is 10.2. The van der Waals surface area contributed by atoms with E-state index in [0.29, 0.717) is 17.9 Å². The maximum Gasteiger partial charge on any atom is 0.0443 e. The summed E-state index contributed by atoms with van der Waals surface area (Å²) in [7, 11) is 0. The molecule has 160 valence electrons. The van der Waals surface area contributed by atoms with E-state index in [4.69, 9.17) is 11.6 Å². The van der Waals surface area contributed by atoms with Gasteiger partial charge in [-0.05, 0) is 86.6 Å². The molecule has 5 rings (SSSR count). The van der Waals surface area contributed by atoms with Crippen LogP contribution in [-0.2, 0) is 6.42 Å². The highest BCUT2D eigenvalue weighted by atomic mass is 35.5. The van der Waals surface area contributed by atoms with Crippen molar-refractivity contribution in [2.75, 3.05) is 6.54 Å². The smallest absolute Gasteiger partial charge is 0.0443 e. The van der Waals surface area contributed by atoms with E-state index in [0.717, 1.165) is 17.0 Å². The van der Waals surface area contributed by atoms with Crippen LogP contribution in [0.5, 0.6) is 0 Å². The largest absolute Gasteiger partial charge is 0.297 e. The predicted molar refractivity (Wildman–Crippen MR) is 127 cm³/mol. The highest BCUT2D eigenvalue weighted by Gasteiger charge is 2.45. The zero-order valence-corrected chi connectivity index (χ0v) is 19.2. The Morgan fingerprint density at radius 2 is 1.73 bits per heavy atom. The number of hydrogen-bond acceptors (Lipinski definition) is 1. The van der Waals surface area contributed by atoms with Gasteiger partial charge in [-0.2, -0.15) is 0 Å². The fourth-order valence-electron chi connectivity index (χ4n) is 6.34. The number of halogens is 1. The molecule has 1 heterocycles. The van der Waals surface area contributed by atoms with E-state index >= 15 is 0 Å². The summed E-state index contributed by atoms with van der Waals surface area (Å²) < 4.78 is 0. The van der Waals surface area contributed by atoms with Gasteiger partial charge in [-0.15, -0.1) is 0 Å². The summed E-state index contributed by atoms with van der Waals surface area (Å²) in [6, 6.07) is 19.5. The van der Waals surface area contributed by atoms with Crippen molar-refractivity contribution in [1.29, 1.82) is 0 Å². The molecular formula is C28H36ClN. The first kappa shape index (κ1) is 20.6.